The van der Waals surface area contributed by atoms with Crippen molar-refractivity contribution < 1.29 is 18.0 Å². The molecular weight excluding hydrogens is 269 g/mol. The minimum atomic E-state index is -4.43. The predicted octanol–water partition coefficient (Wildman–Crippen LogP) is 2.58. The molecule has 1 aromatic rings. The molecule has 1 rings (SSSR count). The lowest BCUT2D eigenvalue weighted by molar-refractivity contribution is -0.140. The maximum Gasteiger partial charge on any atom is 0.406 e. The average Bonchev–Trinajstić information content (AvgIpc) is 2.24. The van der Waals surface area contributed by atoms with Gasteiger partial charge in [0.05, 0.1) is 0 Å². The molecule has 0 spiro atoms. The second kappa shape index (κ2) is 6.26. The van der Waals surface area contributed by atoms with Crippen molar-refractivity contribution in [2.75, 3.05) is 19.6 Å². The second-order valence-corrected chi connectivity index (χ2v) is 4.90. The van der Waals surface area contributed by atoms with E-state index >= 15 is 0 Å². The van der Waals surface area contributed by atoms with Gasteiger partial charge in [-0.2, -0.15) is 13.2 Å². The van der Waals surface area contributed by atoms with Gasteiger partial charge in [-0.1, -0.05) is 17.7 Å². The van der Waals surface area contributed by atoms with Crippen molar-refractivity contribution in [2.45, 2.75) is 26.9 Å². The van der Waals surface area contributed by atoms with Gasteiger partial charge >= 0.3 is 6.18 Å². The molecule has 2 N–H and O–H groups in total. The van der Waals surface area contributed by atoms with Crippen LogP contribution in [0.5, 0.6) is 0 Å². The Labute approximate surface area is 116 Å². The van der Waals surface area contributed by atoms with Crippen molar-refractivity contribution in [1.82, 2.24) is 4.90 Å². The molecule has 0 aromatic heterocycles. The number of carbonyl (C=O) groups is 1. The van der Waals surface area contributed by atoms with E-state index in [1.54, 1.807) is 26.0 Å². The second-order valence-electron chi connectivity index (χ2n) is 4.90. The third-order valence-electron chi connectivity index (χ3n) is 2.95. The summed E-state index contributed by atoms with van der Waals surface area (Å²) in [7, 11) is 0. The monoisotopic (exact) mass is 288 g/mol. The summed E-state index contributed by atoms with van der Waals surface area (Å²) in [5.41, 5.74) is 7.96. The summed E-state index contributed by atoms with van der Waals surface area (Å²) in [4.78, 5) is 13.1. The van der Waals surface area contributed by atoms with Gasteiger partial charge in [0.15, 0.2) is 0 Å². The van der Waals surface area contributed by atoms with Crippen molar-refractivity contribution in [3.63, 3.8) is 0 Å². The van der Waals surface area contributed by atoms with Crippen LogP contribution in [0.1, 0.15) is 27.0 Å². The van der Waals surface area contributed by atoms with Gasteiger partial charge in [-0.15, -0.1) is 0 Å². The molecule has 0 fully saturated rings. The maximum atomic E-state index is 12.5. The fraction of sp³-hybridized carbons (Fsp3) is 0.500. The van der Waals surface area contributed by atoms with Crippen LogP contribution in [-0.2, 0) is 0 Å². The Bertz CT molecular complexity index is 475. The van der Waals surface area contributed by atoms with Crippen LogP contribution in [0.3, 0.4) is 0 Å². The first-order valence-electron chi connectivity index (χ1n) is 6.29. The number of hydrogen-bond acceptors (Lipinski definition) is 2. The Morgan fingerprint density at radius 2 is 1.70 bits per heavy atom. The van der Waals surface area contributed by atoms with Gasteiger partial charge in [0.1, 0.15) is 6.54 Å². The number of halogens is 3. The van der Waals surface area contributed by atoms with Gasteiger partial charge in [-0.3, -0.25) is 4.79 Å². The Kier molecular flexibility index (Phi) is 5.16. The third-order valence-corrected chi connectivity index (χ3v) is 2.95. The average molecular weight is 288 g/mol. The number of hydrogen-bond donors (Lipinski definition) is 1. The molecule has 6 heteroatoms. The molecule has 0 saturated carbocycles. The topological polar surface area (TPSA) is 46.3 Å². The van der Waals surface area contributed by atoms with Gasteiger partial charge < -0.3 is 10.6 Å². The molecule has 0 saturated heterocycles. The number of alkyl halides is 3. The molecule has 0 atom stereocenters. The Morgan fingerprint density at radius 1 is 1.20 bits per heavy atom. The summed E-state index contributed by atoms with van der Waals surface area (Å²) < 4.78 is 37.6. The molecule has 0 aliphatic rings. The summed E-state index contributed by atoms with van der Waals surface area (Å²) in [5.74, 6) is -0.622. The SMILES string of the molecule is Cc1cc(C)c(C(=O)N(CCN)CC(F)(F)F)c(C)c1. The lowest BCUT2D eigenvalue weighted by Gasteiger charge is -2.25. The van der Waals surface area contributed by atoms with Crippen LogP contribution in [0.25, 0.3) is 0 Å². The molecule has 20 heavy (non-hydrogen) atoms. The molecule has 0 heterocycles. The Morgan fingerprint density at radius 3 is 2.10 bits per heavy atom. The number of amides is 1. The van der Waals surface area contributed by atoms with Crippen LogP contribution < -0.4 is 5.73 Å². The minimum absolute atomic E-state index is 0.00816. The van der Waals surface area contributed by atoms with Crippen molar-refractivity contribution in [3.05, 3.63) is 34.4 Å². The fourth-order valence-electron chi connectivity index (χ4n) is 2.30. The van der Waals surface area contributed by atoms with Crippen LogP contribution >= 0.6 is 0 Å². The Balaban J connectivity index is 3.13. The van der Waals surface area contributed by atoms with Crippen LogP contribution in [0.15, 0.2) is 12.1 Å². The summed E-state index contributed by atoms with van der Waals surface area (Å²) in [5, 5.41) is 0. The van der Waals surface area contributed by atoms with E-state index in [-0.39, 0.29) is 13.1 Å². The molecule has 0 aliphatic heterocycles. The lowest BCUT2D eigenvalue weighted by atomic mass is 9.98. The molecule has 1 amide bonds. The summed E-state index contributed by atoms with van der Waals surface area (Å²) in [6.45, 7) is 3.91. The first kappa shape index (κ1) is 16.5. The smallest absolute Gasteiger partial charge is 0.329 e. The molecule has 0 aliphatic carbocycles. The van der Waals surface area contributed by atoms with E-state index in [1.165, 1.54) is 0 Å². The highest BCUT2D eigenvalue weighted by atomic mass is 19.4. The molecule has 1 aromatic carbocycles. The quantitative estimate of drug-likeness (QED) is 0.925. The predicted molar refractivity (Wildman–Crippen MR) is 71.7 cm³/mol. The van der Waals surface area contributed by atoms with Crippen molar-refractivity contribution in [2.24, 2.45) is 5.73 Å². The van der Waals surface area contributed by atoms with Crippen LogP contribution in [-0.4, -0.2) is 36.6 Å². The number of nitrogens with zero attached hydrogens (tertiary/aromatic N) is 1. The summed E-state index contributed by atoms with van der Waals surface area (Å²) in [6.07, 6.45) is -4.43. The van der Waals surface area contributed by atoms with Gasteiger partial charge in [-0.05, 0) is 31.9 Å². The molecule has 3 nitrogen and oxygen atoms in total. The zero-order valence-electron chi connectivity index (χ0n) is 11.8. The largest absolute Gasteiger partial charge is 0.406 e. The fourth-order valence-corrected chi connectivity index (χ4v) is 2.30. The van der Waals surface area contributed by atoms with E-state index < -0.39 is 18.6 Å². The Hall–Kier alpha value is -1.56. The normalized spacial score (nSPS) is 11.6. The molecule has 0 radical (unpaired) electrons. The summed E-state index contributed by atoms with van der Waals surface area (Å²) in [6, 6.07) is 3.57. The lowest BCUT2D eigenvalue weighted by Crippen LogP contribution is -2.42. The number of carbonyl (C=O) groups excluding carboxylic acids is 1. The van der Waals surface area contributed by atoms with Crippen molar-refractivity contribution >= 4 is 5.91 Å². The third kappa shape index (κ3) is 4.23. The number of rotatable bonds is 4. The first-order chi connectivity index (χ1) is 9.15. The van der Waals surface area contributed by atoms with E-state index in [1.807, 2.05) is 6.92 Å². The van der Waals surface area contributed by atoms with E-state index in [2.05, 4.69) is 0 Å². The van der Waals surface area contributed by atoms with Gasteiger partial charge in [0, 0.05) is 18.7 Å². The van der Waals surface area contributed by atoms with Crippen LogP contribution in [0.2, 0.25) is 0 Å². The number of aryl methyl sites for hydroxylation is 3. The van der Waals surface area contributed by atoms with Crippen molar-refractivity contribution in [1.29, 1.82) is 0 Å². The van der Waals surface area contributed by atoms with Gasteiger partial charge in [0.25, 0.3) is 5.91 Å². The summed E-state index contributed by atoms with van der Waals surface area (Å²) >= 11 is 0. The highest BCUT2D eigenvalue weighted by molar-refractivity contribution is 5.97. The van der Waals surface area contributed by atoms with Gasteiger partial charge in [-0.25, -0.2) is 0 Å². The van der Waals surface area contributed by atoms with E-state index in [0.717, 1.165) is 10.5 Å². The highest BCUT2D eigenvalue weighted by Gasteiger charge is 2.33. The minimum Gasteiger partial charge on any atom is -0.329 e. The highest BCUT2D eigenvalue weighted by Crippen LogP contribution is 2.22. The first-order valence-corrected chi connectivity index (χ1v) is 6.29. The molecule has 0 unspecified atom stereocenters. The van der Waals surface area contributed by atoms with Gasteiger partial charge in [0.2, 0.25) is 0 Å². The number of benzene rings is 1. The zero-order chi connectivity index (χ0) is 15.5. The van der Waals surface area contributed by atoms with E-state index in [0.29, 0.717) is 16.7 Å². The maximum absolute atomic E-state index is 12.5. The standard InChI is InChI=1S/C14H19F3N2O/c1-9-6-10(2)12(11(3)7-9)13(20)19(5-4-18)8-14(15,16)17/h6-7H,4-5,8,18H2,1-3H3. The van der Waals surface area contributed by atoms with Crippen LogP contribution in [0, 0.1) is 20.8 Å². The molecular formula is C14H19F3N2O. The van der Waals surface area contributed by atoms with E-state index in [4.69, 9.17) is 5.73 Å². The number of nitrogens with two attached hydrogens (primary N) is 1. The molecule has 0 bridgehead atoms. The van der Waals surface area contributed by atoms with Crippen LogP contribution in [0.4, 0.5) is 13.2 Å². The zero-order valence-corrected chi connectivity index (χ0v) is 11.8. The molecule has 112 valence electrons. The van der Waals surface area contributed by atoms with Crippen molar-refractivity contribution in [3.8, 4) is 0 Å². The van der Waals surface area contributed by atoms with E-state index in [9.17, 15) is 18.0 Å².